The van der Waals surface area contributed by atoms with Crippen LogP contribution in [0.4, 0.5) is 11.6 Å². The van der Waals surface area contributed by atoms with Crippen LogP contribution >= 0.6 is 0 Å². The van der Waals surface area contributed by atoms with E-state index in [4.69, 9.17) is 0 Å². The van der Waals surface area contributed by atoms with Gasteiger partial charge in [-0.1, -0.05) is 6.92 Å². The summed E-state index contributed by atoms with van der Waals surface area (Å²) in [6, 6.07) is -0.268. The second-order valence-electron chi connectivity index (χ2n) is 5.52. The van der Waals surface area contributed by atoms with Gasteiger partial charge in [0, 0.05) is 25.2 Å². The van der Waals surface area contributed by atoms with Gasteiger partial charge in [0.25, 0.3) is 0 Å². The van der Waals surface area contributed by atoms with Crippen molar-refractivity contribution in [1.29, 1.82) is 0 Å². The topological polar surface area (TPSA) is 70.1 Å². The summed E-state index contributed by atoms with van der Waals surface area (Å²) in [5.41, 5.74) is 0.951. The molecule has 1 aliphatic heterocycles. The van der Waals surface area contributed by atoms with Gasteiger partial charge in [0.1, 0.15) is 24.0 Å². The van der Waals surface area contributed by atoms with Gasteiger partial charge in [-0.25, -0.2) is 9.97 Å². The van der Waals surface area contributed by atoms with Gasteiger partial charge in [-0.15, -0.1) is 0 Å². The lowest BCUT2D eigenvalue weighted by molar-refractivity contribution is -0.130. The van der Waals surface area contributed by atoms with Crippen molar-refractivity contribution in [2.45, 2.75) is 46.1 Å². The monoisotopic (exact) mass is 291 g/mol. The molecule has 1 aromatic rings. The molecule has 1 unspecified atom stereocenters. The molecule has 6 nitrogen and oxygen atoms in total. The fraction of sp³-hybridized carbons (Fsp3) is 0.667. The molecule has 0 aliphatic carbocycles. The highest BCUT2D eigenvalue weighted by atomic mass is 16.2. The lowest BCUT2D eigenvalue weighted by atomic mass is 10.2. The van der Waals surface area contributed by atoms with Crippen molar-refractivity contribution in [3.63, 3.8) is 0 Å². The largest absolute Gasteiger partial charge is 0.370 e. The molecule has 1 aromatic heterocycles. The molecule has 2 rings (SSSR count). The molecule has 1 aliphatic rings. The Morgan fingerprint density at radius 2 is 2.00 bits per heavy atom. The van der Waals surface area contributed by atoms with Crippen molar-refractivity contribution in [2.24, 2.45) is 0 Å². The van der Waals surface area contributed by atoms with E-state index in [9.17, 15) is 4.79 Å². The summed E-state index contributed by atoms with van der Waals surface area (Å²) in [6.45, 7) is 8.58. The van der Waals surface area contributed by atoms with Gasteiger partial charge in [0.05, 0.1) is 0 Å². The Balaban J connectivity index is 2.02. The molecule has 1 fully saturated rings. The minimum absolute atomic E-state index is 0.147. The molecule has 0 aromatic carbocycles. The van der Waals surface area contributed by atoms with Crippen LogP contribution < -0.4 is 10.6 Å². The third-order valence-corrected chi connectivity index (χ3v) is 3.77. The van der Waals surface area contributed by atoms with E-state index in [-0.39, 0.29) is 11.9 Å². The highest BCUT2D eigenvalue weighted by molar-refractivity contribution is 5.84. The van der Waals surface area contributed by atoms with E-state index in [0.717, 1.165) is 56.1 Å². The molecular formula is C15H25N5O. The number of likely N-dealkylation sites (tertiary alicyclic amines) is 1. The van der Waals surface area contributed by atoms with Gasteiger partial charge in [0.2, 0.25) is 5.91 Å². The lowest BCUT2D eigenvalue weighted by Crippen LogP contribution is -2.40. The predicted molar refractivity (Wildman–Crippen MR) is 84.4 cm³/mol. The van der Waals surface area contributed by atoms with Crippen LogP contribution in [0.3, 0.4) is 0 Å². The number of hydrogen-bond donors (Lipinski definition) is 2. The first-order valence-electron chi connectivity index (χ1n) is 7.74. The first kappa shape index (κ1) is 15.5. The molecule has 1 saturated heterocycles. The maximum atomic E-state index is 12.3. The quantitative estimate of drug-likeness (QED) is 0.839. The van der Waals surface area contributed by atoms with Crippen LogP contribution in [-0.2, 0) is 4.79 Å². The van der Waals surface area contributed by atoms with Crippen LogP contribution in [0.2, 0.25) is 0 Å². The van der Waals surface area contributed by atoms with E-state index in [1.165, 1.54) is 6.33 Å². The van der Waals surface area contributed by atoms with E-state index in [2.05, 4.69) is 27.5 Å². The van der Waals surface area contributed by atoms with Crippen LogP contribution in [0, 0.1) is 6.92 Å². The molecule has 0 radical (unpaired) electrons. The molecular weight excluding hydrogens is 266 g/mol. The third kappa shape index (κ3) is 3.83. The fourth-order valence-electron chi connectivity index (χ4n) is 2.50. The van der Waals surface area contributed by atoms with Crippen molar-refractivity contribution in [2.75, 3.05) is 30.3 Å². The Hall–Kier alpha value is -1.85. The zero-order valence-electron chi connectivity index (χ0n) is 13.1. The fourth-order valence-corrected chi connectivity index (χ4v) is 2.50. The molecule has 0 spiro atoms. The van der Waals surface area contributed by atoms with Gasteiger partial charge in [-0.3, -0.25) is 4.79 Å². The summed E-state index contributed by atoms with van der Waals surface area (Å²) >= 11 is 0. The number of nitrogens with zero attached hydrogens (tertiary/aromatic N) is 3. The van der Waals surface area contributed by atoms with Gasteiger partial charge in [-0.05, 0) is 33.1 Å². The molecule has 21 heavy (non-hydrogen) atoms. The van der Waals surface area contributed by atoms with Crippen molar-refractivity contribution in [1.82, 2.24) is 14.9 Å². The molecule has 1 atom stereocenters. The molecule has 1 amide bonds. The average molecular weight is 291 g/mol. The van der Waals surface area contributed by atoms with E-state index >= 15 is 0 Å². The van der Waals surface area contributed by atoms with E-state index in [1.807, 2.05) is 18.7 Å². The normalized spacial score (nSPS) is 15.9. The second-order valence-corrected chi connectivity index (χ2v) is 5.52. The predicted octanol–water partition coefficient (Wildman–Crippen LogP) is 2.03. The number of amides is 1. The summed E-state index contributed by atoms with van der Waals surface area (Å²) in [5, 5.41) is 6.50. The van der Waals surface area contributed by atoms with Crippen LogP contribution in [0.5, 0.6) is 0 Å². The number of carbonyl (C=O) groups excluding carboxylic acids is 1. The first-order valence-corrected chi connectivity index (χ1v) is 7.74. The van der Waals surface area contributed by atoms with E-state index in [1.54, 1.807) is 0 Å². The summed E-state index contributed by atoms with van der Waals surface area (Å²) in [4.78, 5) is 22.8. The van der Waals surface area contributed by atoms with E-state index in [0.29, 0.717) is 0 Å². The van der Waals surface area contributed by atoms with Gasteiger partial charge >= 0.3 is 0 Å². The average Bonchev–Trinajstić information content (AvgIpc) is 3.01. The van der Waals surface area contributed by atoms with Gasteiger partial charge < -0.3 is 15.5 Å². The SMILES string of the molecule is CCCNc1ncnc(NC(C)C(=O)N2CCCC2)c1C. The summed E-state index contributed by atoms with van der Waals surface area (Å²) in [6.07, 6.45) is 4.78. The maximum Gasteiger partial charge on any atom is 0.244 e. The number of carbonyl (C=O) groups is 1. The third-order valence-electron chi connectivity index (χ3n) is 3.77. The molecule has 2 N–H and O–H groups in total. The Morgan fingerprint density at radius 1 is 1.33 bits per heavy atom. The highest BCUT2D eigenvalue weighted by Gasteiger charge is 2.23. The van der Waals surface area contributed by atoms with Crippen molar-refractivity contribution >= 4 is 17.5 Å². The molecule has 0 bridgehead atoms. The Bertz CT molecular complexity index is 485. The Morgan fingerprint density at radius 3 is 2.67 bits per heavy atom. The molecule has 116 valence electrons. The standard InChI is InChI=1S/C15H25N5O/c1-4-7-16-13-11(2)14(18-10-17-13)19-12(3)15(21)20-8-5-6-9-20/h10,12H,4-9H2,1-3H3,(H2,16,17,18,19). The molecule has 6 heteroatoms. The second kappa shape index (κ2) is 7.24. The van der Waals surface area contributed by atoms with E-state index < -0.39 is 0 Å². The first-order chi connectivity index (χ1) is 10.1. The summed E-state index contributed by atoms with van der Waals surface area (Å²) in [5.74, 6) is 1.70. The smallest absolute Gasteiger partial charge is 0.244 e. The van der Waals surface area contributed by atoms with Crippen molar-refractivity contribution in [3.8, 4) is 0 Å². The van der Waals surface area contributed by atoms with Crippen molar-refractivity contribution < 1.29 is 4.79 Å². The Kier molecular flexibility index (Phi) is 5.36. The maximum absolute atomic E-state index is 12.3. The van der Waals surface area contributed by atoms with Gasteiger partial charge in [0.15, 0.2) is 0 Å². The highest BCUT2D eigenvalue weighted by Crippen LogP contribution is 2.19. The minimum Gasteiger partial charge on any atom is -0.370 e. The molecule has 0 saturated carbocycles. The van der Waals surface area contributed by atoms with Crippen LogP contribution in [-0.4, -0.2) is 46.5 Å². The number of hydrogen-bond acceptors (Lipinski definition) is 5. The number of rotatable bonds is 6. The minimum atomic E-state index is -0.268. The summed E-state index contributed by atoms with van der Waals surface area (Å²) < 4.78 is 0. The van der Waals surface area contributed by atoms with Crippen LogP contribution in [0.15, 0.2) is 6.33 Å². The number of aromatic nitrogens is 2. The van der Waals surface area contributed by atoms with Crippen LogP contribution in [0.1, 0.15) is 38.7 Å². The number of nitrogens with one attached hydrogen (secondary N) is 2. The molecule has 2 heterocycles. The zero-order chi connectivity index (χ0) is 15.2. The van der Waals surface area contributed by atoms with Crippen molar-refractivity contribution in [3.05, 3.63) is 11.9 Å². The lowest BCUT2D eigenvalue weighted by Gasteiger charge is -2.22. The van der Waals surface area contributed by atoms with Gasteiger partial charge in [-0.2, -0.15) is 0 Å². The van der Waals surface area contributed by atoms with Crippen LogP contribution in [0.25, 0.3) is 0 Å². The zero-order valence-corrected chi connectivity index (χ0v) is 13.1. The summed E-state index contributed by atoms with van der Waals surface area (Å²) in [7, 11) is 0. The number of anilines is 2. The Labute approximate surface area is 126 Å².